The van der Waals surface area contributed by atoms with Crippen LogP contribution in [0.3, 0.4) is 0 Å². The molecule has 2 aromatic rings. The van der Waals surface area contributed by atoms with Crippen LogP contribution in [0, 0.1) is 0 Å². The van der Waals surface area contributed by atoms with E-state index >= 15 is 0 Å². The highest BCUT2D eigenvalue weighted by molar-refractivity contribution is 6.34. The van der Waals surface area contributed by atoms with E-state index < -0.39 is 0 Å². The first-order chi connectivity index (χ1) is 11.1. The number of carbonyl (C=O) groups excluding carboxylic acids is 3. The Labute approximate surface area is 132 Å². The second kappa shape index (κ2) is 4.67. The Hall–Kier alpha value is -3.15. The van der Waals surface area contributed by atoms with Gasteiger partial charge in [-0.25, -0.2) is 9.69 Å². The number of amides is 4. The van der Waals surface area contributed by atoms with Crippen molar-refractivity contribution in [1.29, 1.82) is 0 Å². The normalized spacial score (nSPS) is 16.3. The van der Waals surface area contributed by atoms with Gasteiger partial charge in [0.05, 0.1) is 16.8 Å². The quantitative estimate of drug-likeness (QED) is 0.823. The van der Waals surface area contributed by atoms with Gasteiger partial charge in [0, 0.05) is 19.3 Å². The molecule has 0 fully saturated rings. The Morgan fingerprint density at radius 2 is 1.61 bits per heavy atom. The number of fused-ring (bicyclic) bond motifs is 2. The number of benzene rings is 2. The lowest BCUT2D eigenvalue weighted by Crippen LogP contribution is -2.36. The van der Waals surface area contributed by atoms with E-state index in [0.717, 1.165) is 5.56 Å². The van der Waals surface area contributed by atoms with E-state index in [1.54, 1.807) is 49.5 Å². The van der Waals surface area contributed by atoms with Crippen LogP contribution in [-0.4, -0.2) is 29.8 Å². The lowest BCUT2D eigenvalue weighted by atomic mass is 10.1. The molecule has 0 saturated heterocycles. The molecule has 0 aromatic heterocycles. The number of hydrogen-bond acceptors (Lipinski definition) is 3. The van der Waals surface area contributed by atoms with Crippen molar-refractivity contribution in [3.05, 3.63) is 59.2 Å². The van der Waals surface area contributed by atoms with Gasteiger partial charge in [0.2, 0.25) is 0 Å². The minimum absolute atomic E-state index is 0.175. The third-order valence-corrected chi connectivity index (χ3v) is 4.14. The highest BCUT2D eigenvalue weighted by Gasteiger charge is 2.36. The molecule has 0 aliphatic carbocycles. The molecule has 2 aliphatic heterocycles. The molecule has 0 bridgehead atoms. The van der Waals surface area contributed by atoms with Crippen molar-refractivity contribution >= 4 is 29.2 Å². The van der Waals surface area contributed by atoms with Crippen LogP contribution in [0.1, 0.15) is 26.3 Å². The Morgan fingerprint density at radius 3 is 2.26 bits per heavy atom. The van der Waals surface area contributed by atoms with Gasteiger partial charge in [-0.2, -0.15) is 0 Å². The molecular weight excluding hydrogens is 294 g/mol. The van der Waals surface area contributed by atoms with E-state index in [4.69, 9.17) is 0 Å². The summed E-state index contributed by atoms with van der Waals surface area (Å²) in [6.07, 6.45) is 0. The summed E-state index contributed by atoms with van der Waals surface area (Å²) in [5.74, 6) is -0.641. The number of urea groups is 1. The Morgan fingerprint density at radius 1 is 0.957 bits per heavy atom. The van der Waals surface area contributed by atoms with Crippen LogP contribution in [-0.2, 0) is 6.54 Å². The molecule has 23 heavy (non-hydrogen) atoms. The molecule has 2 heterocycles. The van der Waals surface area contributed by atoms with Crippen molar-refractivity contribution < 1.29 is 14.4 Å². The van der Waals surface area contributed by atoms with Gasteiger partial charge in [0.25, 0.3) is 11.8 Å². The first-order valence-electron chi connectivity index (χ1n) is 7.19. The monoisotopic (exact) mass is 307 g/mol. The van der Waals surface area contributed by atoms with Gasteiger partial charge in [-0.3, -0.25) is 9.59 Å². The molecule has 6 heteroatoms. The Balaban J connectivity index is 1.76. The summed E-state index contributed by atoms with van der Waals surface area (Å²) < 4.78 is 0. The molecule has 6 nitrogen and oxygen atoms in total. The van der Waals surface area contributed by atoms with E-state index in [9.17, 15) is 14.4 Å². The van der Waals surface area contributed by atoms with Gasteiger partial charge in [0.15, 0.2) is 0 Å². The maximum Gasteiger partial charge on any atom is 0.321 e. The number of carbonyl (C=O) groups is 3. The zero-order valence-electron chi connectivity index (χ0n) is 12.4. The summed E-state index contributed by atoms with van der Waals surface area (Å²) in [7, 11) is 1.69. The van der Waals surface area contributed by atoms with Crippen molar-refractivity contribution in [2.24, 2.45) is 0 Å². The molecule has 2 aromatic carbocycles. The molecule has 2 aliphatic rings. The first kappa shape index (κ1) is 13.5. The lowest BCUT2D eigenvalue weighted by Gasteiger charge is -2.27. The summed E-state index contributed by atoms with van der Waals surface area (Å²) >= 11 is 0. The highest BCUT2D eigenvalue weighted by Crippen LogP contribution is 2.32. The SMILES string of the molecule is CN1Cc2cc(N3C(=O)c4ccccc4C3=O)ccc2NC1=O. The maximum absolute atomic E-state index is 12.5. The molecule has 0 atom stereocenters. The number of nitrogens with one attached hydrogen (secondary N) is 1. The molecule has 4 rings (SSSR count). The fourth-order valence-corrected chi connectivity index (χ4v) is 2.93. The van der Waals surface area contributed by atoms with Crippen molar-refractivity contribution in [1.82, 2.24) is 4.90 Å². The number of rotatable bonds is 1. The van der Waals surface area contributed by atoms with Gasteiger partial charge < -0.3 is 10.2 Å². The second-order valence-electron chi connectivity index (χ2n) is 5.62. The molecule has 0 radical (unpaired) electrons. The average Bonchev–Trinajstić information content (AvgIpc) is 2.80. The second-order valence-corrected chi connectivity index (χ2v) is 5.62. The summed E-state index contributed by atoms with van der Waals surface area (Å²) in [6, 6.07) is 11.8. The largest absolute Gasteiger partial charge is 0.323 e. The molecule has 114 valence electrons. The Bertz CT molecular complexity index is 840. The van der Waals surface area contributed by atoms with Gasteiger partial charge in [0.1, 0.15) is 0 Å². The summed E-state index contributed by atoms with van der Waals surface area (Å²) in [6.45, 7) is 0.429. The van der Waals surface area contributed by atoms with E-state index in [1.165, 1.54) is 9.80 Å². The number of nitrogens with zero attached hydrogens (tertiary/aromatic N) is 2. The van der Waals surface area contributed by atoms with Gasteiger partial charge in [-0.05, 0) is 35.9 Å². The van der Waals surface area contributed by atoms with E-state index in [1.807, 2.05) is 0 Å². The van der Waals surface area contributed by atoms with Gasteiger partial charge in [-0.1, -0.05) is 12.1 Å². The summed E-state index contributed by atoms with van der Waals surface area (Å²) in [5, 5.41) is 2.77. The molecule has 0 spiro atoms. The van der Waals surface area contributed by atoms with Crippen LogP contribution in [0.15, 0.2) is 42.5 Å². The molecule has 4 amide bonds. The number of imide groups is 1. The van der Waals surface area contributed by atoms with Gasteiger partial charge >= 0.3 is 6.03 Å². The molecule has 0 unspecified atom stereocenters. The minimum atomic E-state index is -0.321. The zero-order chi connectivity index (χ0) is 16.1. The lowest BCUT2D eigenvalue weighted by molar-refractivity contribution is 0.0926. The first-order valence-corrected chi connectivity index (χ1v) is 7.19. The van der Waals surface area contributed by atoms with Crippen LogP contribution in [0.5, 0.6) is 0 Å². The average molecular weight is 307 g/mol. The van der Waals surface area contributed by atoms with E-state index in [0.29, 0.717) is 29.0 Å². The maximum atomic E-state index is 12.5. The molecular formula is C17H13N3O3. The summed E-state index contributed by atoms with van der Waals surface area (Å²) in [5.41, 5.74) is 2.91. The topological polar surface area (TPSA) is 69.7 Å². The predicted octanol–water partition coefficient (Wildman–Crippen LogP) is 2.46. The zero-order valence-corrected chi connectivity index (χ0v) is 12.4. The van der Waals surface area contributed by atoms with E-state index in [-0.39, 0.29) is 17.8 Å². The van der Waals surface area contributed by atoms with E-state index in [2.05, 4.69) is 5.32 Å². The Kier molecular flexibility index (Phi) is 2.74. The molecule has 1 N–H and O–H groups in total. The van der Waals surface area contributed by atoms with Crippen LogP contribution in [0.2, 0.25) is 0 Å². The van der Waals surface area contributed by atoms with Gasteiger partial charge in [-0.15, -0.1) is 0 Å². The smallest absolute Gasteiger partial charge is 0.321 e. The summed E-state index contributed by atoms with van der Waals surface area (Å²) in [4.78, 5) is 39.4. The van der Waals surface area contributed by atoms with Crippen molar-refractivity contribution in [3.63, 3.8) is 0 Å². The fraction of sp³-hybridized carbons (Fsp3) is 0.118. The van der Waals surface area contributed by atoms with Crippen LogP contribution < -0.4 is 10.2 Å². The fourth-order valence-electron chi connectivity index (χ4n) is 2.93. The number of hydrogen-bond donors (Lipinski definition) is 1. The van der Waals surface area contributed by atoms with Crippen LogP contribution in [0.4, 0.5) is 16.2 Å². The van der Waals surface area contributed by atoms with Crippen LogP contribution in [0.25, 0.3) is 0 Å². The van der Waals surface area contributed by atoms with Crippen molar-refractivity contribution in [2.75, 3.05) is 17.3 Å². The van der Waals surface area contributed by atoms with Crippen molar-refractivity contribution in [3.8, 4) is 0 Å². The number of anilines is 2. The third kappa shape index (κ3) is 1.92. The predicted molar refractivity (Wildman–Crippen MR) is 84.5 cm³/mol. The standard InChI is InChI=1S/C17H13N3O3/c1-19-9-10-8-11(6-7-14(10)18-17(19)23)20-15(21)12-4-2-3-5-13(12)16(20)22/h2-8H,9H2,1H3,(H,18,23). The third-order valence-electron chi connectivity index (χ3n) is 4.14. The molecule has 0 saturated carbocycles. The van der Waals surface area contributed by atoms with Crippen molar-refractivity contribution in [2.45, 2.75) is 6.54 Å². The minimum Gasteiger partial charge on any atom is -0.323 e. The van der Waals surface area contributed by atoms with Crippen LogP contribution >= 0.6 is 0 Å². The highest BCUT2D eigenvalue weighted by atomic mass is 16.2.